The molecular formula is C5H11Cl3N3Pt-2. The number of halogens is 3. The van der Waals surface area contributed by atoms with E-state index >= 15 is 0 Å². The third-order valence-electron chi connectivity index (χ3n) is 0.354. The molecule has 7 heteroatoms. The number of nitriles is 1. The second-order valence-electron chi connectivity index (χ2n) is 1.21. The first kappa shape index (κ1) is 18.7. The van der Waals surface area contributed by atoms with Crippen molar-refractivity contribution >= 4 is 28.3 Å². The molecule has 0 atom stereocenters. The number of nitrogens with one attached hydrogen (secondary N) is 2. The van der Waals surface area contributed by atoms with Gasteiger partial charge in [-0.3, -0.25) is 0 Å². The summed E-state index contributed by atoms with van der Waals surface area (Å²) >= 11 is -1.85. The molecule has 0 saturated heterocycles. The fourth-order valence-corrected chi connectivity index (χ4v) is 0.0884. The molecule has 0 amide bonds. The molecule has 0 saturated carbocycles. The minimum Gasteiger partial charge on any atom is -0.677 e. The molecule has 0 aliphatic rings. The Morgan fingerprint density at radius 2 is 1.42 bits per heavy atom. The summed E-state index contributed by atoms with van der Waals surface area (Å²) in [5.41, 5.74) is 13.0. The van der Waals surface area contributed by atoms with Crippen LogP contribution in [0.2, 0.25) is 0 Å². The zero-order chi connectivity index (χ0) is 10.4. The first-order chi connectivity index (χ1) is 5.56. The van der Waals surface area contributed by atoms with Crippen LogP contribution >= 0.6 is 28.3 Å². The van der Waals surface area contributed by atoms with E-state index in [0.29, 0.717) is 13.1 Å². The van der Waals surface area contributed by atoms with E-state index in [1.807, 2.05) is 0 Å². The van der Waals surface area contributed by atoms with E-state index in [9.17, 15) is 0 Å². The van der Waals surface area contributed by atoms with E-state index in [2.05, 4.69) is 0 Å². The van der Waals surface area contributed by atoms with Crippen molar-refractivity contribution in [1.29, 1.82) is 5.26 Å². The average Bonchev–Trinajstić information content (AvgIpc) is 1.89. The van der Waals surface area contributed by atoms with E-state index in [1.54, 1.807) is 6.07 Å². The van der Waals surface area contributed by atoms with Crippen LogP contribution in [0.5, 0.6) is 0 Å². The molecule has 12 heavy (non-hydrogen) atoms. The van der Waals surface area contributed by atoms with Crippen molar-refractivity contribution in [1.82, 2.24) is 0 Å². The summed E-state index contributed by atoms with van der Waals surface area (Å²) in [7, 11) is 14.9. The number of rotatable bonds is 2. The van der Waals surface area contributed by atoms with Crippen molar-refractivity contribution in [2.24, 2.45) is 0 Å². The maximum absolute atomic E-state index is 7.32. The first-order valence-corrected chi connectivity index (χ1v) is 11.2. The maximum Gasteiger partial charge on any atom is -0.0916 e. The molecule has 0 rings (SSSR count). The third kappa shape index (κ3) is 124. The van der Waals surface area contributed by atoms with Gasteiger partial charge in [-0.05, 0) is 0 Å². The van der Waals surface area contributed by atoms with Crippen LogP contribution in [0.4, 0.5) is 0 Å². The van der Waals surface area contributed by atoms with E-state index in [-0.39, 0.29) is 0 Å². The maximum atomic E-state index is 7.32. The molecule has 0 radical (unpaired) electrons. The van der Waals surface area contributed by atoms with Crippen LogP contribution in [-0.2, 0) is 14.2 Å². The van der Waals surface area contributed by atoms with E-state index < -0.39 is 14.2 Å². The Morgan fingerprint density at radius 3 is 1.42 bits per heavy atom. The van der Waals surface area contributed by atoms with Gasteiger partial charge in [0.1, 0.15) is 0 Å². The minimum absolute atomic E-state index is 0.406. The Hall–Kier alpha value is 0.968. The van der Waals surface area contributed by atoms with Crippen LogP contribution in [0.3, 0.4) is 0 Å². The Kier molecular flexibility index (Phi) is 35.3. The van der Waals surface area contributed by atoms with Crippen LogP contribution in [0.15, 0.2) is 0 Å². The van der Waals surface area contributed by atoms with Crippen molar-refractivity contribution < 1.29 is 14.2 Å². The average molecular weight is 415 g/mol. The van der Waals surface area contributed by atoms with Gasteiger partial charge in [0, 0.05) is 6.92 Å². The summed E-state index contributed by atoms with van der Waals surface area (Å²) in [4.78, 5) is 0. The molecule has 0 heterocycles. The smallest absolute Gasteiger partial charge is 0.0916 e. The third-order valence-corrected chi connectivity index (χ3v) is 0.354. The zero-order valence-corrected chi connectivity index (χ0v) is 11.1. The van der Waals surface area contributed by atoms with Gasteiger partial charge in [0.15, 0.2) is 0 Å². The molecule has 0 aliphatic heterocycles. The van der Waals surface area contributed by atoms with E-state index in [0.717, 1.165) is 6.42 Å². The monoisotopic (exact) mass is 413 g/mol. The van der Waals surface area contributed by atoms with Gasteiger partial charge in [-0.2, -0.15) is 18.4 Å². The Balaban J connectivity index is -0.000000105. The molecule has 0 spiro atoms. The molecule has 0 aromatic carbocycles. The van der Waals surface area contributed by atoms with Crippen molar-refractivity contribution in [3.05, 3.63) is 11.5 Å². The molecule has 0 fully saturated rings. The SMILES string of the molecule is CC#N.[Cl][Pt]([Cl])[Cl].[NH-]CCC[NH-]. The van der Waals surface area contributed by atoms with E-state index in [1.165, 1.54) is 6.92 Å². The Labute approximate surface area is 91.3 Å². The Morgan fingerprint density at radius 1 is 1.25 bits per heavy atom. The molecule has 0 unspecified atom stereocenters. The van der Waals surface area contributed by atoms with Crippen molar-refractivity contribution in [3.8, 4) is 6.07 Å². The predicted octanol–water partition coefficient (Wildman–Crippen LogP) is 4.08. The van der Waals surface area contributed by atoms with E-state index in [4.69, 9.17) is 45.0 Å². The first-order valence-electron chi connectivity index (χ1n) is 2.79. The van der Waals surface area contributed by atoms with Gasteiger partial charge in [-0.15, -0.1) is 0 Å². The quantitative estimate of drug-likeness (QED) is 0.671. The van der Waals surface area contributed by atoms with Crippen LogP contribution in [0, 0.1) is 11.3 Å². The van der Waals surface area contributed by atoms with Crippen molar-refractivity contribution in [3.63, 3.8) is 0 Å². The molecule has 0 aromatic heterocycles. The summed E-state index contributed by atoms with van der Waals surface area (Å²) in [5.74, 6) is 0. The molecular weight excluding hydrogens is 404 g/mol. The van der Waals surface area contributed by atoms with Gasteiger partial charge >= 0.3 is 42.4 Å². The van der Waals surface area contributed by atoms with Crippen LogP contribution in [0.1, 0.15) is 13.3 Å². The second kappa shape index (κ2) is 22.7. The van der Waals surface area contributed by atoms with Crippen molar-refractivity contribution in [2.75, 3.05) is 13.1 Å². The number of hydrogen-bond donors (Lipinski definition) is 0. The summed E-state index contributed by atoms with van der Waals surface area (Å²) in [6.45, 7) is 2.24. The van der Waals surface area contributed by atoms with Gasteiger partial charge in [0.25, 0.3) is 0 Å². The number of hydrogen-bond acceptors (Lipinski definition) is 1. The summed E-state index contributed by atoms with van der Waals surface area (Å²) in [5, 5.41) is 7.32. The summed E-state index contributed by atoms with van der Waals surface area (Å²) < 4.78 is 0. The molecule has 0 aliphatic carbocycles. The number of nitrogens with zero attached hydrogens (tertiary/aromatic N) is 1. The van der Waals surface area contributed by atoms with Gasteiger partial charge in [-0.1, -0.05) is 6.42 Å². The topological polar surface area (TPSA) is 71.4 Å². The zero-order valence-electron chi connectivity index (χ0n) is 6.52. The largest absolute Gasteiger partial charge is 0.677 e. The molecule has 3 nitrogen and oxygen atoms in total. The minimum atomic E-state index is -1.85. The van der Waals surface area contributed by atoms with Crippen LogP contribution in [-0.4, -0.2) is 13.1 Å². The second-order valence-corrected chi connectivity index (χ2v) is 11.1. The van der Waals surface area contributed by atoms with Gasteiger partial charge in [0.2, 0.25) is 0 Å². The Bertz CT molecular complexity index is 91.7. The summed E-state index contributed by atoms with van der Waals surface area (Å²) in [6.07, 6.45) is 0.722. The van der Waals surface area contributed by atoms with Gasteiger partial charge in [0.05, 0.1) is 6.07 Å². The van der Waals surface area contributed by atoms with Gasteiger partial charge in [-0.25, -0.2) is 0 Å². The van der Waals surface area contributed by atoms with Crippen LogP contribution in [0.25, 0.3) is 11.5 Å². The predicted molar refractivity (Wildman–Crippen MR) is 51.8 cm³/mol. The normalized spacial score (nSPS) is 7.92. The standard InChI is InChI=1S/C3H8N2.C2H3N.3ClH.Pt/c4-2-1-3-5;1-2-3;;;;/h4-5H,1-3H2;1H3;3*1H;/q-2;;;;;+3/p-3. The molecule has 0 aromatic rings. The molecule has 0 bridgehead atoms. The fourth-order valence-electron chi connectivity index (χ4n) is 0.0884. The molecule has 2 N–H and O–H groups in total. The summed E-state index contributed by atoms with van der Waals surface area (Å²) in [6, 6.07) is 1.75. The fraction of sp³-hybridized carbons (Fsp3) is 0.800. The van der Waals surface area contributed by atoms with Gasteiger partial charge < -0.3 is 11.5 Å². The van der Waals surface area contributed by atoms with Crippen LogP contribution < -0.4 is 0 Å². The van der Waals surface area contributed by atoms with Crippen molar-refractivity contribution in [2.45, 2.75) is 13.3 Å². The molecule has 79 valence electrons.